The maximum atomic E-state index is 11.3. The van der Waals surface area contributed by atoms with Gasteiger partial charge in [0.05, 0.1) is 36.8 Å². The Bertz CT molecular complexity index is 789. The molecule has 1 rings (SSSR count). The lowest BCUT2D eigenvalue weighted by Crippen LogP contribution is -2.47. The zero-order valence-corrected chi connectivity index (χ0v) is 26.5. The van der Waals surface area contributed by atoms with Crippen molar-refractivity contribution in [3.8, 4) is 0 Å². The fraction of sp³-hybridized carbons (Fsp3) is 0.742. The lowest BCUT2D eigenvalue weighted by atomic mass is 9.61. The summed E-state index contributed by atoms with van der Waals surface area (Å²) in [5, 5.41) is 22.3. The molecule has 0 saturated carbocycles. The standard InChI is InChI=1S/C31H56O5Si/c1-14-26(35-19-24(9)34-13)17-27-25(10)30(33)18-28(31(27,11)12)29(32)16-15-23(8)36-37(20(2)3,21(4)5)22(6)7/h14-16,20-22,24,26,28-30,32-33H,1,8,17-19H2,2-7,9-13H3/b16-15+/t24?,26?,28-,29+,30-/m0/s1. The Labute approximate surface area is 228 Å². The summed E-state index contributed by atoms with van der Waals surface area (Å²) in [6.07, 6.45) is 4.96. The van der Waals surface area contributed by atoms with E-state index < -0.39 is 20.5 Å². The average Bonchev–Trinajstić information content (AvgIpc) is 2.81. The monoisotopic (exact) mass is 536 g/mol. The van der Waals surface area contributed by atoms with E-state index in [4.69, 9.17) is 13.9 Å². The van der Waals surface area contributed by atoms with Gasteiger partial charge in [0.2, 0.25) is 0 Å². The van der Waals surface area contributed by atoms with Gasteiger partial charge in [0.25, 0.3) is 8.32 Å². The molecule has 0 radical (unpaired) electrons. The predicted octanol–water partition coefficient (Wildman–Crippen LogP) is 7.33. The van der Waals surface area contributed by atoms with Crippen LogP contribution in [0.3, 0.4) is 0 Å². The third-order valence-corrected chi connectivity index (χ3v) is 14.7. The number of methoxy groups -OCH3 is 1. The maximum absolute atomic E-state index is 11.3. The lowest BCUT2D eigenvalue weighted by Gasteiger charge is -2.46. The number of aliphatic hydroxyl groups excluding tert-OH is 2. The van der Waals surface area contributed by atoms with Crippen LogP contribution in [0.4, 0.5) is 0 Å². The van der Waals surface area contributed by atoms with Gasteiger partial charge in [-0.1, -0.05) is 79.7 Å². The first-order chi connectivity index (χ1) is 17.1. The summed E-state index contributed by atoms with van der Waals surface area (Å²) < 4.78 is 18.0. The summed E-state index contributed by atoms with van der Waals surface area (Å²) in [5.41, 5.74) is 3.05. The lowest BCUT2D eigenvalue weighted by molar-refractivity contribution is -0.0102. The van der Waals surface area contributed by atoms with Crippen LogP contribution in [-0.2, 0) is 13.9 Å². The van der Waals surface area contributed by atoms with Crippen molar-refractivity contribution in [2.75, 3.05) is 13.7 Å². The fourth-order valence-electron chi connectivity index (χ4n) is 6.33. The quantitative estimate of drug-likeness (QED) is 0.0992. The van der Waals surface area contributed by atoms with Crippen molar-refractivity contribution in [1.29, 1.82) is 0 Å². The first kappa shape index (κ1) is 33.8. The van der Waals surface area contributed by atoms with E-state index in [0.29, 0.717) is 41.8 Å². The molecule has 5 atom stereocenters. The highest BCUT2D eigenvalue weighted by Crippen LogP contribution is 2.49. The van der Waals surface area contributed by atoms with E-state index in [1.807, 2.05) is 19.9 Å². The van der Waals surface area contributed by atoms with Crippen LogP contribution < -0.4 is 0 Å². The van der Waals surface area contributed by atoms with Crippen molar-refractivity contribution in [3.05, 3.63) is 48.3 Å². The van der Waals surface area contributed by atoms with E-state index in [1.165, 1.54) is 0 Å². The van der Waals surface area contributed by atoms with Gasteiger partial charge in [0, 0.05) is 13.0 Å². The van der Waals surface area contributed by atoms with Crippen LogP contribution in [0.1, 0.15) is 82.1 Å². The van der Waals surface area contributed by atoms with E-state index in [0.717, 1.165) is 11.1 Å². The van der Waals surface area contributed by atoms with Crippen molar-refractivity contribution in [2.45, 2.75) is 123 Å². The Morgan fingerprint density at radius 2 is 1.65 bits per heavy atom. The molecule has 37 heavy (non-hydrogen) atoms. The Morgan fingerprint density at radius 3 is 2.11 bits per heavy atom. The summed E-state index contributed by atoms with van der Waals surface area (Å²) in [6, 6.07) is 0. The Kier molecular flexibility index (Phi) is 13.1. The van der Waals surface area contributed by atoms with Crippen LogP contribution in [0, 0.1) is 11.3 Å². The SMILES string of the molecule is C=CC(CC1=C(C)[C@@H](O)C[C@@H]([C@H](O)/C=C/C(=C)O[Si](C(C)C)(C(C)C)C(C)C)C1(C)C)OCC(C)OC. The Morgan fingerprint density at radius 1 is 1.11 bits per heavy atom. The largest absolute Gasteiger partial charge is 0.543 e. The molecule has 0 heterocycles. The van der Waals surface area contributed by atoms with Gasteiger partial charge in [-0.05, 0) is 60.4 Å². The van der Waals surface area contributed by atoms with Gasteiger partial charge in [-0.25, -0.2) is 0 Å². The number of aliphatic hydroxyl groups is 2. The maximum Gasteiger partial charge on any atom is 0.258 e. The van der Waals surface area contributed by atoms with Crippen molar-refractivity contribution in [1.82, 2.24) is 0 Å². The molecular formula is C31H56O5Si. The highest BCUT2D eigenvalue weighted by molar-refractivity contribution is 6.77. The first-order valence-electron chi connectivity index (χ1n) is 13.9. The minimum atomic E-state index is -2.12. The molecule has 2 N–H and O–H groups in total. The number of allylic oxidation sites excluding steroid dienone is 1. The molecule has 2 unspecified atom stereocenters. The molecule has 0 fully saturated rings. The van der Waals surface area contributed by atoms with Gasteiger partial charge in [0.1, 0.15) is 0 Å². The number of ether oxygens (including phenoxy) is 2. The molecule has 1 aliphatic carbocycles. The Hall–Kier alpha value is -1.18. The van der Waals surface area contributed by atoms with Gasteiger partial charge in [-0.15, -0.1) is 6.58 Å². The second-order valence-electron chi connectivity index (χ2n) is 12.3. The Balaban J connectivity index is 3.12. The molecule has 0 bridgehead atoms. The topological polar surface area (TPSA) is 68.2 Å². The molecule has 0 amide bonds. The molecule has 5 nitrogen and oxygen atoms in total. The van der Waals surface area contributed by atoms with Gasteiger partial charge in [-0.3, -0.25) is 0 Å². The number of hydrogen-bond acceptors (Lipinski definition) is 5. The van der Waals surface area contributed by atoms with E-state index in [1.54, 1.807) is 19.3 Å². The normalized spacial score (nSPS) is 23.1. The fourth-order valence-corrected chi connectivity index (χ4v) is 11.6. The summed E-state index contributed by atoms with van der Waals surface area (Å²) in [6.45, 7) is 30.3. The summed E-state index contributed by atoms with van der Waals surface area (Å²) in [7, 11) is -0.449. The smallest absolute Gasteiger partial charge is 0.258 e. The van der Waals surface area contributed by atoms with Gasteiger partial charge in [-0.2, -0.15) is 0 Å². The highest BCUT2D eigenvalue weighted by Gasteiger charge is 2.47. The molecule has 0 aromatic heterocycles. The van der Waals surface area contributed by atoms with Crippen LogP contribution in [0.25, 0.3) is 0 Å². The highest BCUT2D eigenvalue weighted by atomic mass is 28.4. The van der Waals surface area contributed by atoms with Gasteiger partial charge in [0.15, 0.2) is 0 Å². The van der Waals surface area contributed by atoms with Crippen molar-refractivity contribution in [2.24, 2.45) is 11.3 Å². The molecule has 0 spiro atoms. The molecular weight excluding hydrogens is 480 g/mol. The average molecular weight is 537 g/mol. The third-order valence-electron chi connectivity index (χ3n) is 8.68. The van der Waals surface area contributed by atoms with Crippen LogP contribution in [0.5, 0.6) is 0 Å². The summed E-state index contributed by atoms with van der Waals surface area (Å²) in [5.74, 6) is 0.436. The molecule has 0 aliphatic heterocycles. The van der Waals surface area contributed by atoms with E-state index >= 15 is 0 Å². The van der Waals surface area contributed by atoms with Crippen LogP contribution >= 0.6 is 0 Å². The molecule has 0 aromatic carbocycles. The van der Waals surface area contributed by atoms with Gasteiger partial charge >= 0.3 is 0 Å². The molecule has 1 aliphatic rings. The van der Waals surface area contributed by atoms with Crippen LogP contribution in [0.15, 0.2) is 48.3 Å². The van der Waals surface area contributed by atoms with E-state index in [9.17, 15) is 10.2 Å². The molecule has 0 aromatic rings. The van der Waals surface area contributed by atoms with Gasteiger partial charge < -0.3 is 24.1 Å². The second kappa shape index (κ2) is 14.3. The van der Waals surface area contributed by atoms with Crippen LogP contribution in [-0.4, -0.2) is 56.7 Å². The number of hydrogen-bond donors (Lipinski definition) is 2. The van der Waals surface area contributed by atoms with Crippen molar-refractivity contribution in [3.63, 3.8) is 0 Å². The second-order valence-corrected chi connectivity index (χ2v) is 17.7. The van der Waals surface area contributed by atoms with E-state index in [2.05, 4.69) is 68.5 Å². The zero-order chi connectivity index (χ0) is 28.7. The van der Waals surface area contributed by atoms with Crippen molar-refractivity contribution < 1.29 is 24.1 Å². The first-order valence-corrected chi connectivity index (χ1v) is 16.1. The van der Waals surface area contributed by atoms with Crippen molar-refractivity contribution >= 4 is 8.32 Å². The van der Waals surface area contributed by atoms with Crippen LogP contribution in [0.2, 0.25) is 16.6 Å². The molecule has 0 saturated heterocycles. The minimum Gasteiger partial charge on any atom is -0.543 e. The predicted molar refractivity (Wildman–Crippen MR) is 158 cm³/mol. The molecule has 214 valence electrons. The van der Waals surface area contributed by atoms with E-state index in [-0.39, 0.29) is 23.5 Å². The molecule has 6 heteroatoms. The summed E-state index contributed by atoms with van der Waals surface area (Å²) in [4.78, 5) is 0. The third kappa shape index (κ3) is 8.15. The number of rotatable bonds is 15. The zero-order valence-electron chi connectivity index (χ0n) is 25.5. The minimum absolute atomic E-state index is 0.0126. The summed E-state index contributed by atoms with van der Waals surface area (Å²) >= 11 is 0.